The Bertz CT molecular complexity index is 2720. The first-order chi connectivity index (χ1) is 24.3. The third-order valence-electron chi connectivity index (χ3n) is 10.1. The van der Waals surface area contributed by atoms with Gasteiger partial charge in [0.2, 0.25) is 0 Å². The van der Waals surface area contributed by atoms with Crippen LogP contribution in [-0.2, 0) is 0 Å². The molecule has 0 saturated carbocycles. The first-order valence-electron chi connectivity index (χ1n) is 16.9. The summed E-state index contributed by atoms with van der Waals surface area (Å²) in [6.07, 6.45) is 2.28. The number of rotatable bonds is 4. The highest BCUT2D eigenvalue weighted by molar-refractivity contribution is 6.14. The van der Waals surface area contributed by atoms with Gasteiger partial charge in [0, 0.05) is 27.6 Å². The molecule has 2 heterocycles. The lowest BCUT2D eigenvalue weighted by Gasteiger charge is -2.33. The summed E-state index contributed by atoms with van der Waals surface area (Å²) in [5.41, 5.74) is 8.82. The first-order valence-corrected chi connectivity index (χ1v) is 16.9. The normalized spacial score (nSPS) is 16.4. The molecule has 2 unspecified atom stereocenters. The minimum atomic E-state index is -0.0603. The van der Waals surface area contributed by atoms with Gasteiger partial charge < -0.3 is 9.73 Å². The Hall–Kier alpha value is -6.16. The van der Waals surface area contributed by atoms with Crippen molar-refractivity contribution in [1.29, 1.82) is 0 Å². The standard InChI is InChI=1S/C46H32N2O/c1-2-10-31(11-3-1)46-47-42(30-22-20-29(21-23-30)35-15-8-18-40-39-14-6-7-19-44(39)49-45(35)40)28-43(48-46)38-17-9-16-36-37(38)25-24-34-26-32-12-4-5-13-33(32)27-41(34)36/h1-28,42,46-48H. The Morgan fingerprint density at radius 3 is 2.02 bits per heavy atom. The molecule has 9 aromatic rings. The fraction of sp³-hybridized carbons (Fsp3) is 0.0435. The number of hydrogen-bond acceptors (Lipinski definition) is 3. The molecule has 3 nitrogen and oxygen atoms in total. The number of para-hydroxylation sites is 2. The number of benzene rings is 8. The molecule has 1 aliphatic heterocycles. The lowest BCUT2D eigenvalue weighted by atomic mass is 9.92. The van der Waals surface area contributed by atoms with Gasteiger partial charge in [-0.1, -0.05) is 146 Å². The van der Waals surface area contributed by atoms with E-state index in [1.54, 1.807) is 0 Å². The zero-order valence-corrected chi connectivity index (χ0v) is 26.7. The van der Waals surface area contributed by atoms with E-state index in [1.807, 2.05) is 12.1 Å². The van der Waals surface area contributed by atoms with Crippen LogP contribution in [0.15, 0.2) is 174 Å². The second-order valence-corrected chi connectivity index (χ2v) is 13.0. The molecule has 0 saturated heterocycles. The van der Waals surface area contributed by atoms with Gasteiger partial charge in [0.25, 0.3) is 0 Å². The van der Waals surface area contributed by atoms with Crippen molar-refractivity contribution >= 4 is 60.0 Å². The van der Waals surface area contributed by atoms with Crippen LogP contribution in [0.4, 0.5) is 0 Å². The molecule has 0 radical (unpaired) electrons. The molecular formula is C46H32N2O. The van der Waals surface area contributed by atoms with Crippen LogP contribution in [0.25, 0.3) is 71.1 Å². The van der Waals surface area contributed by atoms with E-state index in [4.69, 9.17) is 4.42 Å². The Kier molecular flexibility index (Phi) is 6.39. The molecule has 1 aromatic heterocycles. The summed E-state index contributed by atoms with van der Waals surface area (Å²) in [6, 6.07) is 58.8. The second-order valence-electron chi connectivity index (χ2n) is 13.0. The summed E-state index contributed by atoms with van der Waals surface area (Å²) in [7, 11) is 0. The zero-order valence-electron chi connectivity index (χ0n) is 26.7. The molecular weight excluding hydrogens is 597 g/mol. The van der Waals surface area contributed by atoms with E-state index in [-0.39, 0.29) is 12.2 Å². The van der Waals surface area contributed by atoms with Gasteiger partial charge in [-0.05, 0) is 73.3 Å². The zero-order chi connectivity index (χ0) is 32.3. The second kappa shape index (κ2) is 11.2. The molecule has 3 heteroatoms. The van der Waals surface area contributed by atoms with E-state index in [2.05, 4.69) is 168 Å². The quantitative estimate of drug-likeness (QED) is 0.150. The van der Waals surface area contributed by atoms with E-state index >= 15 is 0 Å². The van der Waals surface area contributed by atoms with Crippen molar-refractivity contribution < 1.29 is 4.42 Å². The summed E-state index contributed by atoms with van der Waals surface area (Å²) < 4.78 is 6.36. The molecule has 0 bridgehead atoms. The van der Waals surface area contributed by atoms with Crippen molar-refractivity contribution in [3.8, 4) is 11.1 Å². The lowest BCUT2D eigenvalue weighted by molar-refractivity contribution is 0.443. The maximum atomic E-state index is 6.36. The first kappa shape index (κ1) is 27.9. The van der Waals surface area contributed by atoms with Gasteiger partial charge in [-0.25, -0.2) is 0 Å². The Morgan fingerprint density at radius 1 is 0.449 bits per heavy atom. The van der Waals surface area contributed by atoms with E-state index in [9.17, 15) is 0 Å². The molecule has 10 rings (SSSR count). The summed E-state index contributed by atoms with van der Waals surface area (Å²) in [5.74, 6) is 0. The molecule has 232 valence electrons. The van der Waals surface area contributed by atoms with Gasteiger partial charge in [0.1, 0.15) is 17.3 Å². The highest BCUT2D eigenvalue weighted by Crippen LogP contribution is 2.38. The van der Waals surface area contributed by atoms with Crippen LogP contribution in [0, 0.1) is 0 Å². The summed E-state index contributed by atoms with van der Waals surface area (Å²) in [6.45, 7) is 0. The summed E-state index contributed by atoms with van der Waals surface area (Å²) >= 11 is 0. The fourth-order valence-corrected chi connectivity index (χ4v) is 7.69. The van der Waals surface area contributed by atoms with Crippen molar-refractivity contribution in [2.45, 2.75) is 12.2 Å². The van der Waals surface area contributed by atoms with Gasteiger partial charge in [-0.3, -0.25) is 5.32 Å². The highest BCUT2D eigenvalue weighted by atomic mass is 16.3. The number of hydrogen-bond donors (Lipinski definition) is 2. The van der Waals surface area contributed by atoms with Crippen LogP contribution in [0.5, 0.6) is 0 Å². The third-order valence-corrected chi connectivity index (χ3v) is 10.1. The van der Waals surface area contributed by atoms with E-state index in [1.165, 1.54) is 49.0 Å². The maximum Gasteiger partial charge on any atom is 0.143 e. The third kappa shape index (κ3) is 4.70. The number of furan rings is 1. The molecule has 0 spiro atoms. The Morgan fingerprint density at radius 2 is 1.16 bits per heavy atom. The molecule has 0 aliphatic carbocycles. The SMILES string of the molecule is C1=C(c2cccc3c2ccc2cc4ccccc4cc23)NC(c2ccccc2)NC1c1ccc(-c2cccc3c2oc2ccccc23)cc1. The van der Waals surface area contributed by atoms with E-state index in [0.29, 0.717) is 0 Å². The van der Waals surface area contributed by atoms with Crippen molar-refractivity contribution in [3.63, 3.8) is 0 Å². The maximum absolute atomic E-state index is 6.36. The van der Waals surface area contributed by atoms with Crippen LogP contribution < -0.4 is 10.6 Å². The van der Waals surface area contributed by atoms with E-state index in [0.717, 1.165) is 38.8 Å². The van der Waals surface area contributed by atoms with Gasteiger partial charge >= 0.3 is 0 Å². The summed E-state index contributed by atoms with van der Waals surface area (Å²) in [5, 5.41) is 17.6. The van der Waals surface area contributed by atoms with Gasteiger partial charge in [0.05, 0.1) is 6.04 Å². The van der Waals surface area contributed by atoms with Crippen LogP contribution in [-0.4, -0.2) is 0 Å². The monoisotopic (exact) mass is 628 g/mol. The average Bonchev–Trinajstić information content (AvgIpc) is 3.56. The average molecular weight is 629 g/mol. The smallest absolute Gasteiger partial charge is 0.143 e. The minimum absolute atomic E-state index is 0.00263. The molecule has 0 fully saturated rings. The van der Waals surface area contributed by atoms with Gasteiger partial charge in [-0.2, -0.15) is 0 Å². The van der Waals surface area contributed by atoms with Crippen LogP contribution in [0.3, 0.4) is 0 Å². The van der Waals surface area contributed by atoms with Crippen LogP contribution in [0.2, 0.25) is 0 Å². The molecule has 49 heavy (non-hydrogen) atoms. The van der Waals surface area contributed by atoms with Crippen molar-refractivity contribution in [2.24, 2.45) is 0 Å². The summed E-state index contributed by atoms with van der Waals surface area (Å²) in [4.78, 5) is 0. The highest BCUT2D eigenvalue weighted by Gasteiger charge is 2.25. The topological polar surface area (TPSA) is 37.2 Å². The van der Waals surface area contributed by atoms with Gasteiger partial charge in [0.15, 0.2) is 0 Å². The Labute approximate surface area is 284 Å². The molecule has 2 atom stereocenters. The molecule has 2 N–H and O–H groups in total. The van der Waals surface area contributed by atoms with Crippen molar-refractivity contribution in [3.05, 3.63) is 187 Å². The number of fused-ring (bicyclic) bond motifs is 7. The van der Waals surface area contributed by atoms with Crippen LogP contribution in [0.1, 0.15) is 28.9 Å². The minimum Gasteiger partial charge on any atom is -0.455 e. The molecule has 1 aliphatic rings. The largest absolute Gasteiger partial charge is 0.455 e. The lowest BCUT2D eigenvalue weighted by Crippen LogP contribution is -2.39. The predicted octanol–water partition coefficient (Wildman–Crippen LogP) is 11.7. The van der Waals surface area contributed by atoms with Gasteiger partial charge in [-0.15, -0.1) is 0 Å². The number of nitrogens with one attached hydrogen (secondary N) is 2. The predicted molar refractivity (Wildman–Crippen MR) is 204 cm³/mol. The van der Waals surface area contributed by atoms with E-state index < -0.39 is 0 Å². The van der Waals surface area contributed by atoms with Crippen LogP contribution >= 0.6 is 0 Å². The molecule has 0 amide bonds. The Balaban J connectivity index is 1.08. The van der Waals surface area contributed by atoms with Crippen molar-refractivity contribution in [2.75, 3.05) is 0 Å². The fourth-order valence-electron chi connectivity index (χ4n) is 7.69. The van der Waals surface area contributed by atoms with Crippen molar-refractivity contribution in [1.82, 2.24) is 10.6 Å². The molecule has 8 aromatic carbocycles.